The average molecular weight is 375 g/mol. The highest BCUT2D eigenvalue weighted by Crippen LogP contribution is 2.33. The van der Waals surface area contributed by atoms with Crippen LogP contribution in [0.15, 0.2) is 29.4 Å². The van der Waals surface area contributed by atoms with Crippen molar-refractivity contribution in [2.45, 2.75) is 49.7 Å². The molecule has 1 aromatic heterocycles. The van der Waals surface area contributed by atoms with E-state index in [2.05, 4.69) is 20.1 Å². The van der Waals surface area contributed by atoms with E-state index in [1.165, 1.54) is 25.7 Å². The molecular weight excluding hydrogens is 348 g/mol. The lowest BCUT2D eigenvalue weighted by atomic mass is 10.2. The fourth-order valence-electron chi connectivity index (χ4n) is 3.52. The second-order valence-electron chi connectivity index (χ2n) is 6.47. The van der Waals surface area contributed by atoms with Gasteiger partial charge in [0.15, 0.2) is 5.16 Å². The number of rotatable bonds is 8. The molecule has 0 saturated heterocycles. The van der Waals surface area contributed by atoms with Crippen molar-refractivity contribution in [3.8, 4) is 5.75 Å². The Hall–Kier alpha value is -2.02. The summed E-state index contributed by atoms with van der Waals surface area (Å²) in [5.74, 6) is 1.52. The van der Waals surface area contributed by atoms with Crippen LogP contribution in [0.25, 0.3) is 0 Å². The molecule has 1 amide bonds. The quantitative estimate of drug-likeness (QED) is 0.566. The lowest BCUT2D eigenvalue weighted by Gasteiger charge is -2.16. The van der Waals surface area contributed by atoms with Gasteiger partial charge in [-0.25, -0.2) is 0 Å². The lowest BCUT2D eigenvalue weighted by molar-refractivity contribution is 0.0950. The van der Waals surface area contributed by atoms with Gasteiger partial charge in [0.2, 0.25) is 0 Å². The second kappa shape index (κ2) is 9.07. The molecule has 1 N–H and O–H groups in total. The van der Waals surface area contributed by atoms with Crippen LogP contribution in [-0.2, 0) is 6.42 Å². The van der Waals surface area contributed by atoms with Gasteiger partial charge in [-0.1, -0.05) is 36.7 Å². The molecule has 26 heavy (non-hydrogen) atoms. The van der Waals surface area contributed by atoms with Crippen molar-refractivity contribution < 1.29 is 9.53 Å². The lowest BCUT2D eigenvalue weighted by Crippen LogP contribution is -2.25. The largest absolute Gasteiger partial charge is 0.496 e. The van der Waals surface area contributed by atoms with Crippen LogP contribution in [0.1, 0.15) is 54.3 Å². The average Bonchev–Trinajstić information content (AvgIpc) is 3.33. The van der Waals surface area contributed by atoms with Gasteiger partial charge in [-0.3, -0.25) is 4.79 Å². The maximum atomic E-state index is 12.3. The topological polar surface area (TPSA) is 69.0 Å². The van der Waals surface area contributed by atoms with Crippen molar-refractivity contribution in [1.82, 2.24) is 20.1 Å². The third-order valence-electron chi connectivity index (χ3n) is 4.82. The molecule has 1 aliphatic carbocycles. The highest BCUT2D eigenvalue weighted by atomic mass is 32.2. The zero-order valence-electron chi connectivity index (χ0n) is 15.4. The Balaban J connectivity index is 1.55. The first-order chi connectivity index (χ1) is 12.7. The van der Waals surface area contributed by atoms with E-state index in [4.69, 9.17) is 4.74 Å². The van der Waals surface area contributed by atoms with Crippen LogP contribution in [0.2, 0.25) is 0 Å². The number of hydrogen-bond donors (Lipinski definition) is 1. The van der Waals surface area contributed by atoms with E-state index in [9.17, 15) is 4.79 Å². The Morgan fingerprint density at radius 3 is 2.81 bits per heavy atom. The third kappa shape index (κ3) is 4.20. The van der Waals surface area contributed by atoms with E-state index < -0.39 is 0 Å². The van der Waals surface area contributed by atoms with Crippen molar-refractivity contribution in [2.24, 2.45) is 0 Å². The number of amides is 1. The van der Waals surface area contributed by atoms with Crippen LogP contribution in [0.4, 0.5) is 0 Å². The van der Waals surface area contributed by atoms with E-state index in [-0.39, 0.29) is 5.91 Å². The van der Waals surface area contributed by atoms with Crippen LogP contribution in [0.5, 0.6) is 5.75 Å². The molecule has 1 aromatic carbocycles. The molecule has 0 aliphatic heterocycles. The Morgan fingerprint density at radius 2 is 2.08 bits per heavy atom. The number of thioether (sulfide) groups is 1. The maximum Gasteiger partial charge on any atom is 0.255 e. The molecule has 0 spiro atoms. The molecule has 3 rings (SSSR count). The standard InChI is InChI=1S/C19H26N4O2S/c1-25-16-11-6-5-10-15(16)18(24)20-13-7-12-17-21-22-19(26-2)23(17)14-8-3-4-9-14/h5-6,10-11,14H,3-4,7-9,12-13H2,1-2H3,(H,20,24). The normalized spacial score (nSPS) is 14.5. The first-order valence-corrected chi connectivity index (χ1v) is 10.4. The number of aryl methyl sites for hydroxylation is 1. The van der Waals surface area contributed by atoms with Gasteiger partial charge in [0, 0.05) is 19.0 Å². The summed E-state index contributed by atoms with van der Waals surface area (Å²) in [5, 5.41) is 12.7. The molecular formula is C19H26N4O2S. The van der Waals surface area contributed by atoms with E-state index in [0.717, 1.165) is 23.8 Å². The SMILES string of the molecule is COc1ccccc1C(=O)NCCCc1nnc(SC)n1C1CCCC1. The van der Waals surface area contributed by atoms with Crippen molar-refractivity contribution in [2.75, 3.05) is 19.9 Å². The summed E-state index contributed by atoms with van der Waals surface area (Å²) in [6.07, 6.45) is 8.69. The monoisotopic (exact) mass is 374 g/mol. The van der Waals surface area contributed by atoms with E-state index >= 15 is 0 Å². The summed E-state index contributed by atoms with van der Waals surface area (Å²) < 4.78 is 7.56. The summed E-state index contributed by atoms with van der Waals surface area (Å²) in [6, 6.07) is 7.80. The minimum Gasteiger partial charge on any atom is -0.496 e. The number of nitrogens with one attached hydrogen (secondary N) is 1. The number of carbonyl (C=O) groups is 1. The van der Waals surface area contributed by atoms with Crippen molar-refractivity contribution in [3.05, 3.63) is 35.7 Å². The third-order valence-corrected chi connectivity index (χ3v) is 5.47. The van der Waals surface area contributed by atoms with E-state index in [1.807, 2.05) is 18.4 Å². The second-order valence-corrected chi connectivity index (χ2v) is 7.24. The van der Waals surface area contributed by atoms with Gasteiger partial charge in [0.05, 0.1) is 12.7 Å². The minimum absolute atomic E-state index is 0.107. The molecule has 1 heterocycles. The first-order valence-electron chi connectivity index (χ1n) is 9.13. The van der Waals surface area contributed by atoms with Crippen LogP contribution in [0.3, 0.4) is 0 Å². The molecule has 0 atom stereocenters. The number of methoxy groups -OCH3 is 1. The molecule has 140 valence electrons. The van der Waals surface area contributed by atoms with Crippen LogP contribution in [-0.4, -0.2) is 40.6 Å². The highest BCUT2D eigenvalue weighted by Gasteiger charge is 2.23. The fourth-order valence-corrected chi connectivity index (χ4v) is 4.10. The number of ether oxygens (including phenoxy) is 1. The summed E-state index contributed by atoms with van der Waals surface area (Å²) in [5.41, 5.74) is 0.564. The van der Waals surface area contributed by atoms with Gasteiger partial charge >= 0.3 is 0 Å². The Morgan fingerprint density at radius 1 is 1.31 bits per heavy atom. The summed E-state index contributed by atoms with van der Waals surface area (Å²) in [4.78, 5) is 12.3. The summed E-state index contributed by atoms with van der Waals surface area (Å²) in [6.45, 7) is 0.600. The predicted octanol–water partition coefficient (Wildman–Crippen LogP) is 3.49. The van der Waals surface area contributed by atoms with Crippen molar-refractivity contribution >= 4 is 17.7 Å². The summed E-state index contributed by atoms with van der Waals surface area (Å²) >= 11 is 1.65. The predicted molar refractivity (Wildman–Crippen MR) is 103 cm³/mol. The van der Waals surface area contributed by atoms with E-state index in [1.54, 1.807) is 31.0 Å². The molecule has 0 radical (unpaired) electrons. The van der Waals surface area contributed by atoms with Crippen LogP contribution >= 0.6 is 11.8 Å². The maximum absolute atomic E-state index is 12.3. The molecule has 0 unspecified atom stereocenters. The van der Waals surface area contributed by atoms with Gasteiger partial charge in [-0.2, -0.15) is 0 Å². The van der Waals surface area contributed by atoms with Gasteiger partial charge in [-0.15, -0.1) is 10.2 Å². The number of aromatic nitrogens is 3. The van der Waals surface area contributed by atoms with Crippen LogP contribution in [0, 0.1) is 0 Å². The highest BCUT2D eigenvalue weighted by molar-refractivity contribution is 7.98. The molecule has 1 aliphatic rings. The van der Waals surface area contributed by atoms with Crippen molar-refractivity contribution in [3.63, 3.8) is 0 Å². The van der Waals surface area contributed by atoms with Crippen molar-refractivity contribution in [1.29, 1.82) is 0 Å². The Bertz CT molecular complexity index is 741. The zero-order valence-corrected chi connectivity index (χ0v) is 16.2. The molecule has 1 saturated carbocycles. The molecule has 0 bridgehead atoms. The van der Waals surface area contributed by atoms with Gasteiger partial charge in [0.25, 0.3) is 5.91 Å². The molecule has 7 heteroatoms. The zero-order chi connectivity index (χ0) is 18.4. The Kier molecular flexibility index (Phi) is 6.55. The van der Waals surface area contributed by atoms with Crippen LogP contribution < -0.4 is 10.1 Å². The number of carbonyl (C=O) groups excluding carboxylic acids is 1. The number of nitrogens with zero attached hydrogens (tertiary/aromatic N) is 3. The van der Waals surface area contributed by atoms with E-state index in [0.29, 0.717) is 23.9 Å². The molecule has 1 fully saturated rings. The van der Waals surface area contributed by atoms with Gasteiger partial charge in [0.1, 0.15) is 11.6 Å². The Labute approximate surface area is 158 Å². The first kappa shape index (κ1) is 18.8. The smallest absolute Gasteiger partial charge is 0.255 e. The van der Waals surface area contributed by atoms with Gasteiger partial charge < -0.3 is 14.6 Å². The molecule has 2 aromatic rings. The number of hydrogen-bond acceptors (Lipinski definition) is 5. The summed E-state index contributed by atoms with van der Waals surface area (Å²) in [7, 11) is 1.57. The van der Waals surface area contributed by atoms with Gasteiger partial charge in [-0.05, 0) is 37.7 Å². The minimum atomic E-state index is -0.107. The number of para-hydroxylation sites is 1. The fraction of sp³-hybridized carbons (Fsp3) is 0.526. The molecule has 6 nitrogen and oxygen atoms in total. The number of benzene rings is 1.